The molecule has 0 aliphatic carbocycles. The van der Waals surface area contributed by atoms with E-state index in [9.17, 15) is 13.6 Å². The van der Waals surface area contributed by atoms with Crippen molar-refractivity contribution in [2.75, 3.05) is 51.2 Å². The average molecular weight is 377 g/mol. The van der Waals surface area contributed by atoms with E-state index >= 15 is 0 Å². The summed E-state index contributed by atoms with van der Waals surface area (Å²) in [7, 11) is 0. The number of halogens is 2. The molecule has 2 aromatic carbocycles. The molecule has 1 aliphatic heterocycles. The smallest absolute Gasteiger partial charge is 0.279 e. The first-order valence-electron chi connectivity index (χ1n) is 9.19. The van der Waals surface area contributed by atoms with E-state index in [1.807, 2.05) is 0 Å². The summed E-state index contributed by atoms with van der Waals surface area (Å²) in [6.07, 6.45) is 0. The minimum Gasteiger partial charge on any atom is -0.488 e. The number of carbonyl (C=O) groups excluding carboxylic acids is 1. The highest BCUT2D eigenvalue weighted by Gasteiger charge is 2.24. The maximum Gasteiger partial charge on any atom is 0.279 e. The van der Waals surface area contributed by atoms with E-state index in [2.05, 4.69) is 5.32 Å². The van der Waals surface area contributed by atoms with Crippen molar-refractivity contribution < 1.29 is 28.1 Å². The molecule has 0 radical (unpaired) electrons. The van der Waals surface area contributed by atoms with Gasteiger partial charge in [-0.15, -0.1) is 0 Å². The Morgan fingerprint density at radius 3 is 2.37 bits per heavy atom. The first kappa shape index (κ1) is 19.3. The molecule has 144 valence electrons. The van der Waals surface area contributed by atoms with Crippen molar-refractivity contribution >= 4 is 11.6 Å². The fraction of sp³-hybridized carbons (Fsp3) is 0.350. The molecule has 1 amide bonds. The van der Waals surface area contributed by atoms with Gasteiger partial charge >= 0.3 is 0 Å². The quantitative estimate of drug-likeness (QED) is 0.624. The van der Waals surface area contributed by atoms with E-state index in [1.165, 1.54) is 34.1 Å². The Hall–Kier alpha value is -2.51. The molecule has 1 aliphatic rings. The molecule has 1 heterocycles. The Kier molecular flexibility index (Phi) is 6.73. The number of hydrogen-bond acceptors (Lipinski definition) is 2. The fourth-order valence-corrected chi connectivity index (χ4v) is 3.23. The summed E-state index contributed by atoms with van der Waals surface area (Å²) >= 11 is 0. The minimum atomic E-state index is -0.361. The summed E-state index contributed by atoms with van der Waals surface area (Å²) < 4.78 is 31.7. The predicted molar refractivity (Wildman–Crippen MR) is 98.1 cm³/mol. The summed E-state index contributed by atoms with van der Waals surface area (Å²) in [6.45, 7) is 5.59. The van der Waals surface area contributed by atoms with Crippen molar-refractivity contribution in [1.82, 2.24) is 0 Å². The SMILES string of the molecule is O=C(C[NH+]1CC[NH+](CCOc2ccc(F)cc2)CC1)Nc1cccc(F)c1. The third-order valence-corrected chi connectivity index (χ3v) is 4.72. The van der Waals surface area contributed by atoms with Gasteiger partial charge in [-0.05, 0) is 42.5 Å². The van der Waals surface area contributed by atoms with Crippen molar-refractivity contribution in [2.24, 2.45) is 0 Å². The number of piperazine rings is 1. The van der Waals surface area contributed by atoms with Gasteiger partial charge in [-0.1, -0.05) is 6.07 Å². The van der Waals surface area contributed by atoms with E-state index < -0.39 is 0 Å². The molecule has 5 nitrogen and oxygen atoms in total. The molecule has 3 rings (SSSR count). The van der Waals surface area contributed by atoms with Gasteiger partial charge in [-0.3, -0.25) is 4.79 Å². The lowest BCUT2D eigenvalue weighted by molar-refractivity contribution is -1.01. The van der Waals surface area contributed by atoms with E-state index in [0.717, 1.165) is 32.7 Å². The van der Waals surface area contributed by atoms with E-state index in [0.29, 0.717) is 24.6 Å². The number of ether oxygens (including phenoxy) is 1. The molecular formula is C20H25F2N3O2+2. The van der Waals surface area contributed by atoms with Crippen molar-refractivity contribution in [3.8, 4) is 5.75 Å². The summed E-state index contributed by atoms with van der Waals surface area (Å²) in [6, 6.07) is 12.0. The van der Waals surface area contributed by atoms with Gasteiger partial charge in [0, 0.05) is 5.69 Å². The number of amides is 1. The summed E-state index contributed by atoms with van der Waals surface area (Å²) in [5, 5.41) is 2.74. The molecule has 7 heteroatoms. The number of hydrogen-bond donors (Lipinski definition) is 3. The van der Waals surface area contributed by atoms with Crippen LogP contribution in [0.2, 0.25) is 0 Å². The van der Waals surface area contributed by atoms with Gasteiger partial charge < -0.3 is 19.9 Å². The van der Waals surface area contributed by atoms with Gasteiger partial charge in [0.1, 0.15) is 56.7 Å². The van der Waals surface area contributed by atoms with Crippen molar-refractivity contribution in [2.45, 2.75) is 0 Å². The maximum atomic E-state index is 13.2. The Morgan fingerprint density at radius 2 is 1.67 bits per heavy atom. The Morgan fingerprint density at radius 1 is 0.963 bits per heavy atom. The molecule has 0 bridgehead atoms. The molecule has 0 atom stereocenters. The van der Waals surface area contributed by atoms with Crippen LogP contribution in [0.3, 0.4) is 0 Å². The normalized spacial score (nSPS) is 19.5. The van der Waals surface area contributed by atoms with Crippen LogP contribution in [0.25, 0.3) is 0 Å². The summed E-state index contributed by atoms with van der Waals surface area (Å²) in [4.78, 5) is 14.8. The number of anilines is 1. The van der Waals surface area contributed by atoms with Gasteiger partial charge in [0.05, 0.1) is 0 Å². The fourth-order valence-electron chi connectivity index (χ4n) is 3.23. The monoisotopic (exact) mass is 377 g/mol. The van der Waals surface area contributed by atoms with Crippen LogP contribution >= 0.6 is 0 Å². The number of rotatable bonds is 7. The van der Waals surface area contributed by atoms with Crippen LogP contribution in [0.15, 0.2) is 48.5 Å². The highest BCUT2D eigenvalue weighted by molar-refractivity contribution is 5.91. The predicted octanol–water partition coefficient (Wildman–Crippen LogP) is -0.234. The molecule has 2 aromatic rings. The zero-order chi connectivity index (χ0) is 19.1. The summed E-state index contributed by atoms with van der Waals surface area (Å²) in [5.41, 5.74) is 0.488. The molecule has 27 heavy (non-hydrogen) atoms. The second-order valence-corrected chi connectivity index (χ2v) is 6.79. The number of carbonyl (C=O) groups is 1. The average Bonchev–Trinajstić information content (AvgIpc) is 2.65. The Labute approximate surface area is 157 Å². The van der Waals surface area contributed by atoms with Crippen LogP contribution in [0.5, 0.6) is 5.75 Å². The van der Waals surface area contributed by atoms with Crippen molar-refractivity contribution in [1.29, 1.82) is 0 Å². The van der Waals surface area contributed by atoms with Crippen LogP contribution < -0.4 is 19.9 Å². The van der Waals surface area contributed by atoms with Crippen LogP contribution in [0.4, 0.5) is 14.5 Å². The topological polar surface area (TPSA) is 47.2 Å². The summed E-state index contributed by atoms with van der Waals surface area (Å²) in [5.74, 6) is -0.0542. The molecule has 0 unspecified atom stereocenters. The van der Waals surface area contributed by atoms with Gasteiger partial charge in [0.15, 0.2) is 6.54 Å². The highest BCUT2D eigenvalue weighted by Crippen LogP contribution is 2.10. The molecule has 0 spiro atoms. The lowest BCUT2D eigenvalue weighted by Crippen LogP contribution is -3.28. The van der Waals surface area contributed by atoms with Gasteiger partial charge in [-0.25, -0.2) is 8.78 Å². The number of benzene rings is 2. The molecular weight excluding hydrogens is 352 g/mol. The lowest BCUT2D eigenvalue weighted by Gasteiger charge is -2.29. The number of quaternary nitrogens is 2. The van der Waals surface area contributed by atoms with Gasteiger partial charge in [0.2, 0.25) is 0 Å². The lowest BCUT2D eigenvalue weighted by atomic mass is 10.3. The van der Waals surface area contributed by atoms with E-state index in [1.54, 1.807) is 24.3 Å². The maximum absolute atomic E-state index is 13.2. The Balaban J connectivity index is 1.33. The molecule has 1 saturated heterocycles. The zero-order valence-corrected chi connectivity index (χ0v) is 15.1. The van der Waals surface area contributed by atoms with Gasteiger partial charge in [0.25, 0.3) is 5.91 Å². The zero-order valence-electron chi connectivity index (χ0n) is 15.1. The first-order chi connectivity index (χ1) is 13.1. The molecule has 0 saturated carbocycles. The van der Waals surface area contributed by atoms with Crippen molar-refractivity contribution in [3.05, 3.63) is 60.2 Å². The Bertz CT molecular complexity index is 747. The van der Waals surface area contributed by atoms with Gasteiger partial charge in [-0.2, -0.15) is 0 Å². The van der Waals surface area contributed by atoms with E-state index in [-0.39, 0.29) is 17.5 Å². The first-order valence-corrected chi connectivity index (χ1v) is 9.19. The third-order valence-electron chi connectivity index (χ3n) is 4.72. The minimum absolute atomic E-state index is 0.0984. The van der Waals surface area contributed by atoms with E-state index in [4.69, 9.17) is 4.74 Å². The van der Waals surface area contributed by atoms with Crippen LogP contribution in [-0.4, -0.2) is 51.8 Å². The number of nitrogens with one attached hydrogen (secondary N) is 3. The molecule has 1 fully saturated rings. The highest BCUT2D eigenvalue weighted by atomic mass is 19.1. The molecule has 3 N–H and O–H groups in total. The third kappa shape index (κ3) is 6.30. The second-order valence-electron chi connectivity index (χ2n) is 6.79. The van der Waals surface area contributed by atoms with Crippen LogP contribution in [0.1, 0.15) is 0 Å². The van der Waals surface area contributed by atoms with Crippen LogP contribution in [0, 0.1) is 11.6 Å². The second kappa shape index (κ2) is 9.43. The standard InChI is InChI=1S/C20H23F2N3O2/c21-16-4-6-19(7-5-16)27-13-12-24-8-10-25(11-9-24)15-20(26)23-18-3-1-2-17(22)14-18/h1-7,14H,8-13,15H2,(H,23,26)/p+2. The largest absolute Gasteiger partial charge is 0.488 e. The van der Waals surface area contributed by atoms with Crippen molar-refractivity contribution in [3.63, 3.8) is 0 Å². The molecule has 0 aromatic heterocycles. The van der Waals surface area contributed by atoms with Crippen LogP contribution in [-0.2, 0) is 4.79 Å².